The molecule has 0 radical (unpaired) electrons. The van der Waals surface area contributed by atoms with Crippen LogP contribution in [-0.4, -0.2) is 42.2 Å². The number of aromatic nitrogens is 1. The van der Waals surface area contributed by atoms with Crippen LogP contribution < -0.4 is 10.1 Å². The molecule has 0 aliphatic carbocycles. The largest absolute Gasteiger partial charge is 0.481 e. The second-order valence-corrected chi connectivity index (χ2v) is 5.96. The fraction of sp³-hybridized carbons (Fsp3) is 0.688. The van der Waals surface area contributed by atoms with Crippen molar-refractivity contribution in [2.45, 2.75) is 45.8 Å². The van der Waals surface area contributed by atoms with Crippen molar-refractivity contribution in [3.8, 4) is 5.88 Å². The van der Waals surface area contributed by atoms with Gasteiger partial charge in [-0.15, -0.1) is 0 Å². The molecule has 0 aromatic carbocycles. The fourth-order valence-electron chi connectivity index (χ4n) is 2.82. The van der Waals surface area contributed by atoms with Gasteiger partial charge in [0.15, 0.2) is 0 Å². The number of rotatable bonds is 5. The van der Waals surface area contributed by atoms with Crippen molar-refractivity contribution >= 4 is 0 Å². The highest BCUT2D eigenvalue weighted by molar-refractivity contribution is 5.20. The van der Waals surface area contributed by atoms with E-state index in [-0.39, 0.29) is 0 Å². The number of methoxy groups -OCH3 is 1. The highest BCUT2D eigenvalue weighted by Crippen LogP contribution is 2.19. The van der Waals surface area contributed by atoms with Crippen LogP contribution in [0.15, 0.2) is 18.3 Å². The van der Waals surface area contributed by atoms with Gasteiger partial charge in [-0.1, -0.05) is 20.8 Å². The van der Waals surface area contributed by atoms with Gasteiger partial charge in [0, 0.05) is 44.0 Å². The summed E-state index contributed by atoms with van der Waals surface area (Å²) in [6.45, 7) is 10.0. The van der Waals surface area contributed by atoms with Gasteiger partial charge < -0.3 is 10.1 Å². The van der Waals surface area contributed by atoms with E-state index in [4.69, 9.17) is 4.74 Å². The molecule has 4 heteroatoms. The minimum Gasteiger partial charge on any atom is -0.481 e. The molecular formula is C16H27N3O. The highest BCUT2D eigenvalue weighted by atomic mass is 16.5. The first kappa shape index (κ1) is 15.3. The summed E-state index contributed by atoms with van der Waals surface area (Å²) in [5.41, 5.74) is 1.28. The first-order chi connectivity index (χ1) is 9.63. The van der Waals surface area contributed by atoms with Gasteiger partial charge in [0.1, 0.15) is 0 Å². The molecule has 1 fully saturated rings. The Morgan fingerprint density at radius 2 is 2.30 bits per heavy atom. The van der Waals surface area contributed by atoms with Crippen molar-refractivity contribution in [3.63, 3.8) is 0 Å². The van der Waals surface area contributed by atoms with Crippen LogP contribution in [0.25, 0.3) is 0 Å². The Morgan fingerprint density at radius 3 is 2.95 bits per heavy atom. The van der Waals surface area contributed by atoms with Crippen molar-refractivity contribution in [3.05, 3.63) is 23.9 Å². The minimum atomic E-state index is 0.585. The number of nitrogens with one attached hydrogen (secondary N) is 1. The first-order valence-electron chi connectivity index (χ1n) is 7.60. The predicted molar refractivity (Wildman–Crippen MR) is 81.9 cm³/mol. The zero-order valence-corrected chi connectivity index (χ0v) is 13.1. The quantitative estimate of drug-likeness (QED) is 0.896. The first-order valence-corrected chi connectivity index (χ1v) is 7.60. The second kappa shape index (κ2) is 7.04. The monoisotopic (exact) mass is 277 g/mol. The molecule has 0 amide bonds. The zero-order valence-electron chi connectivity index (χ0n) is 13.1. The zero-order chi connectivity index (χ0) is 14.5. The van der Waals surface area contributed by atoms with Crippen molar-refractivity contribution in [1.29, 1.82) is 0 Å². The maximum absolute atomic E-state index is 5.21. The van der Waals surface area contributed by atoms with E-state index in [9.17, 15) is 0 Å². The van der Waals surface area contributed by atoms with Gasteiger partial charge >= 0.3 is 0 Å². The van der Waals surface area contributed by atoms with Crippen LogP contribution in [0.1, 0.15) is 32.8 Å². The summed E-state index contributed by atoms with van der Waals surface area (Å²) in [4.78, 5) is 6.77. The lowest BCUT2D eigenvalue weighted by Gasteiger charge is -2.41. The van der Waals surface area contributed by atoms with Crippen molar-refractivity contribution in [1.82, 2.24) is 15.2 Å². The lowest BCUT2D eigenvalue weighted by molar-refractivity contribution is 0.103. The third kappa shape index (κ3) is 3.70. The van der Waals surface area contributed by atoms with Gasteiger partial charge in [0.25, 0.3) is 0 Å². The summed E-state index contributed by atoms with van der Waals surface area (Å²) in [5.74, 6) is 1.37. The van der Waals surface area contributed by atoms with Gasteiger partial charge in [0.2, 0.25) is 5.88 Å². The van der Waals surface area contributed by atoms with Crippen molar-refractivity contribution in [2.24, 2.45) is 5.92 Å². The molecule has 2 unspecified atom stereocenters. The summed E-state index contributed by atoms with van der Waals surface area (Å²) in [6.07, 6.45) is 3.01. The van der Waals surface area contributed by atoms with E-state index in [0.29, 0.717) is 23.9 Å². The van der Waals surface area contributed by atoms with E-state index in [0.717, 1.165) is 19.6 Å². The van der Waals surface area contributed by atoms with E-state index in [1.807, 2.05) is 12.3 Å². The summed E-state index contributed by atoms with van der Waals surface area (Å²) in [7, 11) is 1.67. The molecule has 0 saturated carbocycles. The van der Waals surface area contributed by atoms with Crippen LogP contribution in [-0.2, 0) is 6.54 Å². The van der Waals surface area contributed by atoms with Crippen LogP contribution in [0.2, 0.25) is 0 Å². The fourth-order valence-corrected chi connectivity index (χ4v) is 2.82. The maximum Gasteiger partial charge on any atom is 0.213 e. The molecule has 1 N–H and O–H groups in total. The SMILES string of the molecule is CCC1CNC(C(C)C)CN1Cc1ccnc(OC)c1. The van der Waals surface area contributed by atoms with Gasteiger partial charge in [-0.2, -0.15) is 0 Å². The van der Waals surface area contributed by atoms with Gasteiger partial charge in [-0.05, 0) is 24.0 Å². The minimum absolute atomic E-state index is 0.585. The molecular weight excluding hydrogens is 250 g/mol. The smallest absolute Gasteiger partial charge is 0.213 e. The molecule has 4 nitrogen and oxygen atoms in total. The summed E-state index contributed by atoms with van der Waals surface area (Å²) in [6, 6.07) is 5.33. The third-order valence-electron chi connectivity index (χ3n) is 4.23. The topological polar surface area (TPSA) is 37.4 Å². The molecule has 2 heterocycles. The molecule has 0 spiro atoms. The molecule has 112 valence electrons. The normalized spacial score (nSPS) is 24.1. The third-order valence-corrected chi connectivity index (χ3v) is 4.23. The van der Waals surface area contributed by atoms with Crippen molar-refractivity contribution in [2.75, 3.05) is 20.2 Å². The van der Waals surface area contributed by atoms with E-state index < -0.39 is 0 Å². The summed E-state index contributed by atoms with van der Waals surface area (Å²) >= 11 is 0. The Morgan fingerprint density at radius 1 is 1.50 bits per heavy atom. The van der Waals surface area contributed by atoms with E-state index in [1.165, 1.54) is 12.0 Å². The molecule has 20 heavy (non-hydrogen) atoms. The highest BCUT2D eigenvalue weighted by Gasteiger charge is 2.28. The number of pyridine rings is 1. The maximum atomic E-state index is 5.21. The van der Waals surface area contributed by atoms with Crippen LogP contribution in [0, 0.1) is 5.92 Å². The Kier molecular flexibility index (Phi) is 5.38. The number of piperazine rings is 1. The second-order valence-electron chi connectivity index (χ2n) is 5.96. The Balaban J connectivity index is 2.06. The molecule has 1 aliphatic heterocycles. The molecule has 1 aromatic heterocycles. The Bertz CT molecular complexity index is 422. The molecule has 1 aromatic rings. The lowest BCUT2D eigenvalue weighted by atomic mass is 9.98. The van der Waals surface area contributed by atoms with E-state index >= 15 is 0 Å². The van der Waals surface area contributed by atoms with Gasteiger partial charge in [-0.3, -0.25) is 4.90 Å². The number of hydrogen-bond donors (Lipinski definition) is 1. The standard InChI is InChI=1S/C16H27N3O/c1-5-14-9-18-15(12(2)3)11-19(14)10-13-6-7-17-16(8-13)20-4/h6-8,12,14-15,18H,5,9-11H2,1-4H3. The average Bonchev–Trinajstić information content (AvgIpc) is 2.47. The number of ether oxygens (including phenoxy) is 1. The van der Waals surface area contributed by atoms with Crippen molar-refractivity contribution < 1.29 is 4.74 Å². The van der Waals surface area contributed by atoms with Crippen LogP contribution in [0.4, 0.5) is 0 Å². The molecule has 1 aliphatic rings. The average molecular weight is 277 g/mol. The Hall–Kier alpha value is -1.13. The number of nitrogens with zero attached hydrogens (tertiary/aromatic N) is 2. The predicted octanol–water partition coefficient (Wildman–Crippen LogP) is 2.30. The van der Waals surface area contributed by atoms with Gasteiger partial charge in [-0.25, -0.2) is 4.98 Å². The molecule has 2 rings (SSSR count). The number of hydrogen-bond acceptors (Lipinski definition) is 4. The van der Waals surface area contributed by atoms with Crippen LogP contribution in [0.5, 0.6) is 5.88 Å². The molecule has 0 bridgehead atoms. The van der Waals surface area contributed by atoms with E-state index in [1.54, 1.807) is 7.11 Å². The van der Waals surface area contributed by atoms with E-state index in [2.05, 4.69) is 42.0 Å². The molecule has 1 saturated heterocycles. The van der Waals surface area contributed by atoms with Gasteiger partial charge in [0.05, 0.1) is 7.11 Å². The van der Waals surface area contributed by atoms with Crippen LogP contribution >= 0.6 is 0 Å². The Labute approximate surface area is 122 Å². The summed E-state index contributed by atoms with van der Waals surface area (Å²) in [5, 5.41) is 3.68. The van der Waals surface area contributed by atoms with Crippen LogP contribution in [0.3, 0.4) is 0 Å². The molecule has 2 atom stereocenters. The summed E-state index contributed by atoms with van der Waals surface area (Å²) < 4.78 is 5.21. The lowest BCUT2D eigenvalue weighted by Crippen LogP contribution is -2.57.